The van der Waals surface area contributed by atoms with Crippen LogP contribution in [-0.4, -0.2) is 74.0 Å². The summed E-state index contributed by atoms with van der Waals surface area (Å²) in [6.07, 6.45) is 4.68. The van der Waals surface area contributed by atoms with Crippen LogP contribution in [0.25, 0.3) is 0 Å². The lowest BCUT2D eigenvalue weighted by Gasteiger charge is -2.34. The summed E-state index contributed by atoms with van der Waals surface area (Å²) in [6.45, 7) is 7.86. The van der Waals surface area contributed by atoms with Crippen LogP contribution in [-0.2, 0) is 22.4 Å². The fourth-order valence-corrected chi connectivity index (χ4v) is 4.28. The highest BCUT2D eigenvalue weighted by Gasteiger charge is 2.16. The van der Waals surface area contributed by atoms with Crippen LogP contribution < -0.4 is 10.6 Å². The molecular weight excluding hydrogens is 424 g/mol. The fraction of sp³-hybridized carbons (Fsp3) is 0.500. The Morgan fingerprint density at radius 3 is 1.38 bits per heavy atom. The van der Waals surface area contributed by atoms with Gasteiger partial charge in [-0.15, -0.1) is 0 Å². The Kier molecular flexibility index (Phi) is 11.6. The van der Waals surface area contributed by atoms with Crippen molar-refractivity contribution in [3.63, 3.8) is 0 Å². The highest BCUT2D eigenvalue weighted by atomic mass is 16.2. The third kappa shape index (κ3) is 10.5. The number of hydrogen-bond donors (Lipinski definition) is 2. The van der Waals surface area contributed by atoms with E-state index in [0.29, 0.717) is 12.8 Å². The Balaban J connectivity index is 1.14. The van der Waals surface area contributed by atoms with Crippen molar-refractivity contribution in [1.29, 1.82) is 0 Å². The van der Waals surface area contributed by atoms with Crippen molar-refractivity contribution >= 4 is 11.8 Å². The molecule has 34 heavy (non-hydrogen) atoms. The number of piperazine rings is 1. The van der Waals surface area contributed by atoms with Gasteiger partial charge in [-0.1, -0.05) is 60.7 Å². The summed E-state index contributed by atoms with van der Waals surface area (Å²) in [7, 11) is 0. The molecule has 6 heteroatoms. The van der Waals surface area contributed by atoms with Crippen molar-refractivity contribution in [3.05, 3.63) is 71.8 Å². The average molecular weight is 465 g/mol. The standard InChI is InChI=1S/C28H40N4O2/c33-27(15-13-25-9-3-1-4-10-25)29-17-7-19-31-21-23-32(24-22-31)20-8-18-30-28(34)16-14-26-11-5-2-6-12-26/h1-6,9-12H,7-8,13-24H2,(H,29,33)(H,30,34). The smallest absolute Gasteiger partial charge is 0.220 e. The van der Waals surface area contributed by atoms with E-state index in [1.54, 1.807) is 0 Å². The van der Waals surface area contributed by atoms with Gasteiger partial charge in [-0.05, 0) is 49.9 Å². The highest BCUT2D eigenvalue weighted by molar-refractivity contribution is 5.76. The molecule has 0 aromatic heterocycles. The van der Waals surface area contributed by atoms with E-state index >= 15 is 0 Å². The molecule has 2 aromatic rings. The van der Waals surface area contributed by atoms with Gasteiger partial charge < -0.3 is 20.4 Å². The molecule has 0 unspecified atom stereocenters. The van der Waals surface area contributed by atoms with Crippen LogP contribution >= 0.6 is 0 Å². The number of carbonyl (C=O) groups excluding carboxylic acids is 2. The van der Waals surface area contributed by atoms with E-state index in [0.717, 1.165) is 78.0 Å². The van der Waals surface area contributed by atoms with Crippen LogP contribution in [0, 0.1) is 0 Å². The number of benzene rings is 2. The molecule has 184 valence electrons. The summed E-state index contributed by atoms with van der Waals surface area (Å²) < 4.78 is 0. The molecule has 1 saturated heterocycles. The largest absolute Gasteiger partial charge is 0.356 e. The lowest BCUT2D eigenvalue weighted by molar-refractivity contribution is -0.121. The predicted octanol–water partition coefficient (Wildman–Crippen LogP) is 2.88. The molecule has 1 aliphatic heterocycles. The van der Waals surface area contributed by atoms with Crippen LogP contribution in [0.3, 0.4) is 0 Å². The minimum Gasteiger partial charge on any atom is -0.356 e. The molecule has 1 heterocycles. The van der Waals surface area contributed by atoms with Gasteiger partial charge in [0.25, 0.3) is 0 Å². The molecule has 0 spiro atoms. The molecule has 1 aliphatic rings. The predicted molar refractivity (Wildman–Crippen MR) is 138 cm³/mol. The van der Waals surface area contributed by atoms with Gasteiger partial charge in [-0.2, -0.15) is 0 Å². The fourth-order valence-electron chi connectivity index (χ4n) is 4.28. The van der Waals surface area contributed by atoms with E-state index in [2.05, 4.69) is 44.7 Å². The molecule has 2 N–H and O–H groups in total. The zero-order chi connectivity index (χ0) is 23.8. The average Bonchev–Trinajstić information content (AvgIpc) is 2.88. The number of nitrogens with zero attached hydrogens (tertiary/aromatic N) is 2. The Morgan fingerprint density at radius 2 is 1.00 bits per heavy atom. The summed E-state index contributed by atoms with van der Waals surface area (Å²) in [6, 6.07) is 20.3. The van der Waals surface area contributed by atoms with Gasteiger partial charge in [0.2, 0.25) is 11.8 Å². The van der Waals surface area contributed by atoms with E-state index in [1.165, 1.54) is 11.1 Å². The molecule has 0 saturated carbocycles. The van der Waals surface area contributed by atoms with Crippen molar-refractivity contribution in [2.24, 2.45) is 0 Å². The maximum Gasteiger partial charge on any atom is 0.220 e. The molecule has 0 aliphatic carbocycles. The quantitative estimate of drug-likeness (QED) is 0.422. The highest BCUT2D eigenvalue weighted by Crippen LogP contribution is 2.05. The summed E-state index contributed by atoms with van der Waals surface area (Å²) in [5, 5.41) is 6.10. The van der Waals surface area contributed by atoms with Gasteiger partial charge in [0, 0.05) is 52.1 Å². The van der Waals surface area contributed by atoms with Crippen LogP contribution in [0.2, 0.25) is 0 Å². The van der Waals surface area contributed by atoms with E-state index in [4.69, 9.17) is 0 Å². The minimum atomic E-state index is 0.140. The summed E-state index contributed by atoms with van der Waals surface area (Å²) in [4.78, 5) is 29.0. The molecule has 2 amide bonds. The van der Waals surface area contributed by atoms with Gasteiger partial charge >= 0.3 is 0 Å². The van der Waals surface area contributed by atoms with Crippen molar-refractivity contribution in [3.8, 4) is 0 Å². The third-order valence-electron chi connectivity index (χ3n) is 6.38. The molecule has 0 radical (unpaired) electrons. The van der Waals surface area contributed by atoms with Crippen molar-refractivity contribution in [1.82, 2.24) is 20.4 Å². The number of amides is 2. The van der Waals surface area contributed by atoms with E-state index in [9.17, 15) is 9.59 Å². The Labute approximate surface area is 204 Å². The lowest BCUT2D eigenvalue weighted by atomic mass is 10.1. The Morgan fingerprint density at radius 1 is 0.618 bits per heavy atom. The molecule has 2 aromatic carbocycles. The Hall–Kier alpha value is -2.70. The molecule has 6 nitrogen and oxygen atoms in total. The van der Waals surface area contributed by atoms with Crippen LogP contribution in [0.15, 0.2) is 60.7 Å². The first-order chi connectivity index (χ1) is 16.7. The van der Waals surface area contributed by atoms with Crippen LogP contribution in [0.1, 0.15) is 36.8 Å². The first kappa shape index (κ1) is 25.9. The van der Waals surface area contributed by atoms with Crippen LogP contribution in [0.5, 0.6) is 0 Å². The van der Waals surface area contributed by atoms with Gasteiger partial charge in [0.1, 0.15) is 0 Å². The number of nitrogens with one attached hydrogen (secondary N) is 2. The summed E-state index contributed by atoms with van der Waals surface area (Å²) in [5.74, 6) is 0.279. The number of carbonyl (C=O) groups is 2. The summed E-state index contributed by atoms with van der Waals surface area (Å²) >= 11 is 0. The second kappa shape index (κ2) is 15.3. The van der Waals surface area contributed by atoms with Gasteiger partial charge in [0.05, 0.1) is 0 Å². The Bertz CT molecular complexity index is 764. The first-order valence-electron chi connectivity index (χ1n) is 12.7. The molecule has 1 fully saturated rings. The minimum absolute atomic E-state index is 0.140. The third-order valence-corrected chi connectivity index (χ3v) is 6.38. The SMILES string of the molecule is O=C(CCc1ccccc1)NCCCN1CCN(CCCNC(=O)CCc2ccccc2)CC1. The maximum atomic E-state index is 12.0. The second-order valence-electron chi connectivity index (χ2n) is 9.06. The van der Waals surface area contributed by atoms with Crippen molar-refractivity contribution in [2.75, 3.05) is 52.4 Å². The molecule has 0 atom stereocenters. The molecule has 0 bridgehead atoms. The van der Waals surface area contributed by atoms with Gasteiger partial charge in [-0.25, -0.2) is 0 Å². The van der Waals surface area contributed by atoms with Crippen molar-refractivity contribution in [2.45, 2.75) is 38.5 Å². The lowest BCUT2D eigenvalue weighted by Crippen LogP contribution is -2.47. The number of rotatable bonds is 14. The van der Waals surface area contributed by atoms with Crippen molar-refractivity contribution < 1.29 is 9.59 Å². The van der Waals surface area contributed by atoms with E-state index in [-0.39, 0.29) is 11.8 Å². The normalized spacial score (nSPS) is 14.6. The number of hydrogen-bond acceptors (Lipinski definition) is 4. The van der Waals surface area contributed by atoms with E-state index < -0.39 is 0 Å². The maximum absolute atomic E-state index is 12.0. The number of aryl methyl sites for hydroxylation is 2. The van der Waals surface area contributed by atoms with Crippen LogP contribution in [0.4, 0.5) is 0 Å². The summed E-state index contributed by atoms with van der Waals surface area (Å²) in [5.41, 5.74) is 2.42. The molecule has 3 rings (SSSR count). The topological polar surface area (TPSA) is 64.7 Å². The van der Waals surface area contributed by atoms with E-state index in [1.807, 2.05) is 36.4 Å². The molecular formula is C28H40N4O2. The monoisotopic (exact) mass is 464 g/mol. The zero-order valence-electron chi connectivity index (χ0n) is 20.4. The van der Waals surface area contributed by atoms with Gasteiger partial charge in [0.15, 0.2) is 0 Å². The van der Waals surface area contributed by atoms with Gasteiger partial charge in [-0.3, -0.25) is 9.59 Å². The zero-order valence-corrected chi connectivity index (χ0v) is 20.4. The second-order valence-corrected chi connectivity index (χ2v) is 9.06. The first-order valence-corrected chi connectivity index (χ1v) is 12.7.